The minimum atomic E-state index is -0.967. The zero-order chi connectivity index (χ0) is 19.3. The standard InChI is InChI=1S/C21H24N2O4.ClH/c1-26-18-9-7-16(8-10-18)15-3-5-17(6-4-15)19(24)23-21(20(25)27-2)11-13-22-14-12-21;/h3-10,22H,11-14H2,1-2H3,(H,23,24);1H. The Kier molecular flexibility index (Phi) is 7.43. The molecule has 28 heavy (non-hydrogen) atoms. The van der Waals surface area contributed by atoms with Crippen LogP contribution in [0.4, 0.5) is 0 Å². The topological polar surface area (TPSA) is 76.7 Å². The number of hydrogen-bond acceptors (Lipinski definition) is 5. The smallest absolute Gasteiger partial charge is 0.331 e. The van der Waals surface area contributed by atoms with Gasteiger partial charge in [-0.25, -0.2) is 4.79 Å². The van der Waals surface area contributed by atoms with Gasteiger partial charge in [0.15, 0.2) is 0 Å². The second kappa shape index (κ2) is 9.57. The molecule has 1 amide bonds. The van der Waals surface area contributed by atoms with Gasteiger partial charge in [0, 0.05) is 5.56 Å². The molecule has 2 N–H and O–H groups in total. The second-order valence-electron chi connectivity index (χ2n) is 6.58. The molecule has 1 aliphatic heterocycles. The molecule has 0 atom stereocenters. The number of hydrogen-bond donors (Lipinski definition) is 2. The Balaban J connectivity index is 0.00000280. The highest BCUT2D eigenvalue weighted by Gasteiger charge is 2.42. The molecule has 1 fully saturated rings. The van der Waals surface area contributed by atoms with Crippen LogP contribution in [-0.4, -0.2) is 44.7 Å². The minimum absolute atomic E-state index is 0. The molecule has 2 aromatic rings. The Morgan fingerprint density at radius 3 is 1.96 bits per heavy atom. The van der Waals surface area contributed by atoms with Crippen molar-refractivity contribution in [3.05, 3.63) is 54.1 Å². The lowest BCUT2D eigenvalue weighted by Gasteiger charge is -2.35. The molecule has 0 aromatic heterocycles. The van der Waals surface area contributed by atoms with E-state index in [1.54, 1.807) is 19.2 Å². The first kappa shape index (κ1) is 21.7. The molecule has 0 saturated carbocycles. The average Bonchev–Trinajstić information content (AvgIpc) is 2.74. The van der Waals surface area contributed by atoms with Gasteiger partial charge in [-0.1, -0.05) is 24.3 Å². The van der Waals surface area contributed by atoms with Crippen molar-refractivity contribution in [2.45, 2.75) is 18.4 Å². The van der Waals surface area contributed by atoms with Crippen LogP contribution < -0.4 is 15.4 Å². The lowest BCUT2D eigenvalue weighted by Crippen LogP contribution is -2.59. The minimum Gasteiger partial charge on any atom is -0.497 e. The van der Waals surface area contributed by atoms with Crippen molar-refractivity contribution in [1.82, 2.24) is 10.6 Å². The number of esters is 1. The van der Waals surface area contributed by atoms with E-state index in [2.05, 4.69) is 10.6 Å². The Morgan fingerprint density at radius 2 is 1.46 bits per heavy atom. The van der Waals surface area contributed by atoms with Crippen molar-refractivity contribution in [2.24, 2.45) is 0 Å². The molecule has 1 aliphatic rings. The van der Waals surface area contributed by atoms with E-state index in [-0.39, 0.29) is 18.3 Å². The molecule has 150 valence electrons. The maximum absolute atomic E-state index is 12.7. The maximum atomic E-state index is 12.7. The summed E-state index contributed by atoms with van der Waals surface area (Å²) >= 11 is 0. The van der Waals surface area contributed by atoms with E-state index in [4.69, 9.17) is 9.47 Å². The number of amides is 1. The molecular weight excluding hydrogens is 380 g/mol. The van der Waals surface area contributed by atoms with Crippen LogP contribution in [0, 0.1) is 0 Å². The van der Waals surface area contributed by atoms with Crippen LogP contribution in [0.25, 0.3) is 11.1 Å². The van der Waals surface area contributed by atoms with Crippen LogP contribution in [0.1, 0.15) is 23.2 Å². The molecule has 7 heteroatoms. The predicted molar refractivity (Wildman–Crippen MR) is 110 cm³/mol. The zero-order valence-electron chi connectivity index (χ0n) is 16.0. The summed E-state index contributed by atoms with van der Waals surface area (Å²) in [5.74, 6) is 0.126. The fraction of sp³-hybridized carbons (Fsp3) is 0.333. The van der Waals surface area contributed by atoms with Gasteiger partial charge in [0.05, 0.1) is 14.2 Å². The monoisotopic (exact) mass is 404 g/mol. The zero-order valence-corrected chi connectivity index (χ0v) is 16.8. The number of carbonyl (C=O) groups is 2. The van der Waals surface area contributed by atoms with Crippen LogP contribution in [-0.2, 0) is 9.53 Å². The van der Waals surface area contributed by atoms with Crippen molar-refractivity contribution in [1.29, 1.82) is 0 Å². The number of ether oxygens (including phenoxy) is 2. The largest absolute Gasteiger partial charge is 0.497 e. The first-order chi connectivity index (χ1) is 13.1. The van der Waals surface area contributed by atoms with Gasteiger partial charge in [0.1, 0.15) is 11.3 Å². The number of rotatable bonds is 5. The lowest BCUT2D eigenvalue weighted by molar-refractivity contribution is -0.149. The molecule has 0 unspecified atom stereocenters. The highest BCUT2D eigenvalue weighted by Crippen LogP contribution is 2.24. The van der Waals surface area contributed by atoms with E-state index in [1.165, 1.54) is 7.11 Å². The van der Waals surface area contributed by atoms with Gasteiger partial charge in [0.2, 0.25) is 0 Å². The first-order valence-electron chi connectivity index (χ1n) is 8.94. The first-order valence-corrected chi connectivity index (χ1v) is 8.94. The van der Waals surface area contributed by atoms with Gasteiger partial charge >= 0.3 is 5.97 Å². The summed E-state index contributed by atoms with van der Waals surface area (Å²) in [4.78, 5) is 25.0. The van der Waals surface area contributed by atoms with E-state index >= 15 is 0 Å². The summed E-state index contributed by atoms with van der Waals surface area (Å²) in [5.41, 5.74) is 1.58. The lowest BCUT2D eigenvalue weighted by atomic mass is 9.88. The highest BCUT2D eigenvalue weighted by atomic mass is 35.5. The van der Waals surface area contributed by atoms with E-state index in [9.17, 15) is 9.59 Å². The molecular formula is C21H25ClN2O4. The Bertz CT molecular complexity index is 800. The number of benzene rings is 2. The summed E-state index contributed by atoms with van der Waals surface area (Å²) in [7, 11) is 2.98. The number of nitrogens with one attached hydrogen (secondary N) is 2. The van der Waals surface area contributed by atoms with Crippen molar-refractivity contribution in [3.63, 3.8) is 0 Å². The third kappa shape index (κ3) is 4.64. The van der Waals surface area contributed by atoms with Crippen LogP contribution in [0.15, 0.2) is 48.5 Å². The van der Waals surface area contributed by atoms with E-state index in [1.807, 2.05) is 36.4 Å². The molecule has 1 heterocycles. The molecule has 3 rings (SSSR count). The Morgan fingerprint density at radius 1 is 0.929 bits per heavy atom. The molecule has 1 saturated heterocycles. The van der Waals surface area contributed by atoms with Crippen LogP contribution >= 0.6 is 12.4 Å². The van der Waals surface area contributed by atoms with Crippen LogP contribution in [0.2, 0.25) is 0 Å². The molecule has 0 aliphatic carbocycles. The number of halogens is 1. The van der Waals surface area contributed by atoms with E-state index in [0.29, 0.717) is 31.5 Å². The molecule has 0 radical (unpaired) electrons. The summed E-state index contributed by atoms with van der Waals surface area (Å²) in [6.45, 7) is 1.32. The summed E-state index contributed by atoms with van der Waals surface area (Å²) in [6, 6.07) is 15.0. The molecule has 2 aromatic carbocycles. The average molecular weight is 405 g/mol. The van der Waals surface area contributed by atoms with Gasteiger partial charge < -0.3 is 20.1 Å². The number of piperidine rings is 1. The van der Waals surface area contributed by atoms with Crippen LogP contribution in [0.3, 0.4) is 0 Å². The third-order valence-corrected chi connectivity index (χ3v) is 4.96. The molecule has 6 nitrogen and oxygen atoms in total. The fourth-order valence-corrected chi connectivity index (χ4v) is 3.32. The quantitative estimate of drug-likeness (QED) is 0.749. The van der Waals surface area contributed by atoms with Gasteiger partial charge in [0.25, 0.3) is 5.91 Å². The number of carbonyl (C=O) groups excluding carboxylic acids is 2. The predicted octanol–water partition coefficient (Wildman–Crippen LogP) is 2.81. The van der Waals surface area contributed by atoms with Crippen molar-refractivity contribution in [3.8, 4) is 16.9 Å². The summed E-state index contributed by atoms with van der Waals surface area (Å²) < 4.78 is 10.1. The Hall–Kier alpha value is -2.57. The van der Waals surface area contributed by atoms with Crippen molar-refractivity contribution < 1.29 is 19.1 Å². The van der Waals surface area contributed by atoms with Crippen LogP contribution in [0.5, 0.6) is 5.75 Å². The molecule has 0 bridgehead atoms. The maximum Gasteiger partial charge on any atom is 0.331 e. The normalized spacial score (nSPS) is 15.1. The highest BCUT2D eigenvalue weighted by molar-refractivity contribution is 5.98. The Labute approximate surface area is 171 Å². The fourth-order valence-electron chi connectivity index (χ4n) is 3.32. The number of methoxy groups -OCH3 is 2. The van der Waals surface area contributed by atoms with E-state index < -0.39 is 11.5 Å². The molecule has 0 spiro atoms. The van der Waals surface area contributed by atoms with Crippen molar-refractivity contribution >= 4 is 24.3 Å². The van der Waals surface area contributed by atoms with E-state index in [0.717, 1.165) is 16.9 Å². The summed E-state index contributed by atoms with van der Waals surface area (Å²) in [6.07, 6.45) is 1.02. The van der Waals surface area contributed by atoms with Gasteiger partial charge in [-0.05, 0) is 61.3 Å². The van der Waals surface area contributed by atoms with Crippen molar-refractivity contribution in [2.75, 3.05) is 27.3 Å². The third-order valence-electron chi connectivity index (χ3n) is 4.96. The SMILES string of the molecule is COC(=O)C1(NC(=O)c2ccc(-c3ccc(OC)cc3)cc2)CCNCC1.Cl. The van der Waals surface area contributed by atoms with Gasteiger partial charge in [-0.2, -0.15) is 0 Å². The summed E-state index contributed by atoms with van der Waals surface area (Å²) in [5, 5.41) is 6.10. The van der Waals surface area contributed by atoms with Gasteiger partial charge in [-0.3, -0.25) is 4.79 Å². The second-order valence-corrected chi connectivity index (χ2v) is 6.58. The van der Waals surface area contributed by atoms with Gasteiger partial charge in [-0.15, -0.1) is 12.4 Å².